The van der Waals surface area contributed by atoms with E-state index in [1.54, 1.807) is 32.4 Å². The summed E-state index contributed by atoms with van der Waals surface area (Å²) in [6.07, 6.45) is 0.919. The molecule has 9 heteroatoms. The Morgan fingerprint density at radius 2 is 1.68 bits per heavy atom. The molecule has 3 aromatic rings. The summed E-state index contributed by atoms with van der Waals surface area (Å²) in [4.78, 5) is 14.6. The molecule has 0 bridgehead atoms. The van der Waals surface area contributed by atoms with Gasteiger partial charge in [0, 0.05) is 17.7 Å². The maximum Gasteiger partial charge on any atom is 0.294 e. The van der Waals surface area contributed by atoms with Gasteiger partial charge in [-0.25, -0.2) is 5.43 Å². The van der Waals surface area contributed by atoms with E-state index in [2.05, 4.69) is 26.0 Å². The Kier molecular flexibility index (Phi) is 8.37. The van der Waals surface area contributed by atoms with Crippen LogP contribution in [0.2, 0.25) is 0 Å². The third kappa shape index (κ3) is 6.25. The topological polar surface area (TPSA) is 96.8 Å². The van der Waals surface area contributed by atoms with Crippen LogP contribution in [0.25, 0.3) is 11.1 Å². The van der Waals surface area contributed by atoms with E-state index in [4.69, 9.17) is 14.2 Å². The zero-order chi connectivity index (χ0) is 26.2. The number of hydrazone groups is 2. The zero-order valence-electron chi connectivity index (χ0n) is 21.4. The number of carbonyl (C=O) groups excluding carboxylic acids is 1. The van der Waals surface area contributed by atoms with E-state index in [1.165, 1.54) is 0 Å². The molecule has 9 nitrogen and oxygen atoms in total. The van der Waals surface area contributed by atoms with Gasteiger partial charge in [-0.15, -0.1) is 0 Å². The molecule has 192 valence electrons. The first kappa shape index (κ1) is 25.7. The Labute approximate surface area is 216 Å². The van der Waals surface area contributed by atoms with E-state index in [0.29, 0.717) is 35.1 Å². The number of hydrogen-bond acceptors (Lipinski definition) is 8. The van der Waals surface area contributed by atoms with Crippen LogP contribution in [0.5, 0.6) is 17.2 Å². The van der Waals surface area contributed by atoms with Crippen LogP contribution in [-0.4, -0.2) is 63.7 Å². The first-order chi connectivity index (χ1) is 18.0. The molecular weight excluding hydrogens is 470 g/mol. The van der Waals surface area contributed by atoms with Crippen molar-refractivity contribution >= 4 is 23.0 Å². The van der Waals surface area contributed by atoms with E-state index in [9.17, 15) is 4.79 Å². The van der Waals surface area contributed by atoms with Gasteiger partial charge in [-0.1, -0.05) is 30.3 Å². The standard InChI is InChI=1S/C28H31N5O4/c1-33(2)15-8-16-37-23-14-12-21(18-22(23)19-9-6-5-7-10-19)29-31-27-26(30-32-28(27)34)20-11-13-24(35-3)25(17-20)36-4/h5-7,9-14,17-18,29H,8,15-16H2,1-4H3,(H,31,32,34). The van der Waals surface area contributed by atoms with Crippen molar-refractivity contribution in [3.8, 4) is 28.4 Å². The summed E-state index contributed by atoms with van der Waals surface area (Å²) >= 11 is 0. The van der Waals surface area contributed by atoms with Crippen LogP contribution in [0.3, 0.4) is 0 Å². The maximum atomic E-state index is 12.5. The summed E-state index contributed by atoms with van der Waals surface area (Å²) in [5.41, 5.74) is 9.40. The van der Waals surface area contributed by atoms with Gasteiger partial charge in [-0.05, 0) is 62.5 Å². The molecule has 0 fully saturated rings. The van der Waals surface area contributed by atoms with Gasteiger partial charge < -0.3 is 19.1 Å². The number of methoxy groups -OCH3 is 2. The number of nitrogens with zero attached hydrogens (tertiary/aromatic N) is 3. The molecule has 37 heavy (non-hydrogen) atoms. The molecule has 0 atom stereocenters. The van der Waals surface area contributed by atoms with Crippen LogP contribution in [0.4, 0.5) is 5.69 Å². The lowest BCUT2D eigenvalue weighted by atomic mass is 10.0. The van der Waals surface area contributed by atoms with Gasteiger partial charge >= 0.3 is 0 Å². The van der Waals surface area contributed by atoms with E-state index in [1.807, 2.05) is 62.6 Å². The van der Waals surface area contributed by atoms with Crippen LogP contribution in [0.1, 0.15) is 12.0 Å². The fourth-order valence-corrected chi connectivity index (χ4v) is 3.86. The highest BCUT2D eigenvalue weighted by Gasteiger charge is 2.27. The molecule has 0 unspecified atom stereocenters. The summed E-state index contributed by atoms with van der Waals surface area (Å²) in [5.74, 6) is 1.50. The van der Waals surface area contributed by atoms with Crippen LogP contribution < -0.4 is 25.1 Å². The Morgan fingerprint density at radius 1 is 0.919 bits per heavy atom. The van der Waals surface area contributed by atoms with Gasteiger partial charge in [0.25, 0.3) is 5.91 Å². The summed E-state index contributed by atoms with van der Waals surface area (Å²) < 4.78 is 16.8. The minimum atomic E-state index is -0.401. The Morgan fingerprint density at radius 3 is 2.41 bits per heavy atom. The van der Waals surface area contributed by atoms with Gasteiger partial charge in [0.15, 0.2) is 17.2 Å². The molecule has 3 aromatic carbocycles. The monoisotopic (exact) mass is 501 g/mol. The SMILES string of the molecule is COc1ccc(C2=NNC(=O)/C2=N\Nc2ccc(OCCCN(C)C)c(-c3ccccc3)c2)cc1OC. The molecule has 0 spiro atoms. The summed E-state index contributed by atoms with van der Waals surface area (Å²) in [6.45, 7) is 1.56. The van der Waals surface area contributed by atoms with Crippen molar-refractivity contribution in [2.75, 3.05) is 46.9 Å². The lowest BCUT2D eigenvalue weighted by molar-refractivity contribution is -0.114. The molecule has 0 aromatic heterocycles. The quantitative estimate of drug-likeness (QED) is 0.305. The fourth-order valence-electron chi connectivity index (χ4n) is 3.86. The first-order valence-electron chi connectivity index (χ1n) is 11.9. The fraction of sp³-hybridized carbons (Fsp3) is 0.250. The number of benzene rings is 3. The summed E-state index contributed by atoms with van der Waals surface area (Å²) in [6, 6.07) is 21.1. The van der Waals surface area contributed by atoms with Crippen molar-refractivity contribution in [3.05, 3.63) is 72.3 Å². The second kappa shape index (κ2) is 12.0. The number of nitrogens with one attached hydrogen (secondary N) is 2. The number of carbonyl (C=O) groups is 1. The lowest BCUT2D eigenvalue weighted by Gasteiger charge is -2.15. The minimum Gasteiger partial charge on any atom is -0.493 e. The number of hydrogen-bond donors (Lipinski definition) is 2. The summed E-state index contributed by atoms with van der Waals surface area (Å²) in [7, 11) is 7.21. The Bertz CT molecular complexity index is 1310. The third-order valence-electron chi connectivity index (χ3n) is 5.73. The third-order valence-corrected chi connectivity index (χ3v) is 5.73. The van der Waals surface area contributed by atoms with Gasteiger partial charge in [0.2, 0.25) is 0 Å². The van der Waals surface area contributed by atoms with Crippen LogP contribution in [0.15, 0.2) is 76.9 Å². The van der Waals surface area contributed by atoms with E-state index >= 15 is 0 Å². The molecule has 1 aliphatic heterocycles. The molecule has 0 saturated carbocycles. The van der Waals surface area contributed by atoms with Crippen molar-refractivity contribution in [1.82, 2.24) is 10.3 Å². The average Bonchev–Trinajstić information content (AvgIpc) is 3.30. The second-order valence-corrected chi connectivity index (χ2v) is 8.63. The van der Waals surface area contributed by atoms with Crippen LogP contribution in [-0.2, 0) is 4.79 Å². The normalized spacial score (nSPS) is 13.9. The predicted octanol–water partition coefficient (Wildman–Crippen LogP) is 4.00. The van der Waals surface area contributed by atoms with Crippen molar-refractivity contribution in [2.45, 2.75) is 6.42 Å². The van der Waals surface area contributed by atoms with Crippen molar-refractivity contribution in [1.29, 1.82) is 0 Å². The molecule has 0 aliphatic carbocycles. The van der Waals surface area contributed by atoms with Gasteiger partial charge in [-0.3, -0.25) is 10.2 Å². The molecule has 4 rings (SSSR count). The van der Waals surface area contributed by atoms with Crippen LogP contribution in [0, 0.1) is 0 Å². The highest BCUT2D eigenvalue weighted by molar-refractivity contribution is 6.72. The predicted molar refractivity (Wildman–Crippen MR) is 146 cm³/mol. The smallest absolute Gasteiger partial charge is 0.294 e. The van der Waals surface area contributed by atoms with E-state index in [0.717, 1.165) is 29.8 Å². The van der Waals surface area contributed by atoms with E-state index < -0.39 is 5.91 Å². The Balaban J connectivity index is 1.58. The largest absolute Gasteiger partial charge is 0.493 e. The number of rotatable bonds is 11. The minimum absolute atomic E-state index is 0.164. The molecule has 0 saturated heterocycles. The zero-order valence-corrected chi connectivity index (χ0v) is 21.4. The van der Waals surface area contributed by atoms with Gasteiger partial charge in [0.1, 0.15) is 11.5 Å². The number of amides is 1. The molecule has 1 amide bonds. The maximum absolute atomic E-state index is 12.5. The van der Waals surface area contributed by atoms with Crippen LogP contribution >= 0.6 is 0 Å². The Hall–Kier alpha value is -4.37. The molecule has 0 radical (unpaired) electrons. The number of ether oxygens (including phenoxy) is 3. The van der Waals surface area contributed by atoms with Gasteiger partial charge in [0.05, 0.1) is 26.5 Å². The highest BCUT2D eigenvalue weighted by atomic mass is 16.5. The molecule has 1 heterocycles. The lowest BCUT2D eigenvalue weighted by Crippen LogP contribution is -2.25. The average molecular weight is 502 g/mol. The van der Waals surface area contributed by atoms with Crippen molar-refractivity contribution in [2.24, 2.45) is 10.2 Å². The van der Waals surface area contributed by atoms with Crippen molar-refractivity contribution in [3.63, 3.8) is 0 Å². The highest BCUT2D eigenvalue weighted by Crippen LogP contribution is 2.33. The first-order valence-corrected chi connectivity index (χ1v) is 11.9. The van der Waals surface area contributed by atoms with Crippen molar-refractivity contribution < 1.29 is 19.0 Å². The second-order valence-electron chi connectivity index (χ2n) is 8.63. The van der Waals surface area contributed by atoms with Gasteiger partial charge in [-0.2, -0.15) is 10.2 Å². The summed E-state index contributed by atoms with van der Waals surface area (Å²) in [5, 5.41) is 8.57. The molecular formula is C28H31N5O4. The molecule has 2 N–H and O–H groups in total. The van der Waals surface area contributed by atoms with E-state index in [-0.39, 0.29) is 5.71 Å². The number of anilines is 1. The molecule has 1 aliphatic rings.